The number of carbonyl (C=O) groups is 5. The van der Waals surface area contributed by atoms with Crippen molar-refractivity contribution in [1.29, 1.82) is 0 Å². The Balaban J connectivity index is -0.0000000886. The molecule has 236 valence electrons. The van der Waals surface area contributed by atoms with E-state index in [4.69, 9.17) is 45.6 Å². The monoisotopic (exact) mass is 576 g/mol. The highest BCUT2D eigenvalue weighted by molar-refractivity contribution is 5.79. The Bertz CT molecular complexity index is 551. The molecule has 0 radical (unpaired) electrons. The van der Waals surface area contributed by atoms with E-state index in [0.717, 1.165) is 26.2 Å². The van der Waals surface area contributed by atoms with Crippen LogP contribution in [0.1, 0.15) is 81.1 Å². The van der Waals surface area contributed by atoms with Crippen molar-refractivity contribution < 1.29 is 69.6 Å². The molecule has 0 spiro atoms. The van der Waals surface area contributed by atoms with E-state index in [1.807, 2.05) is 13.8 Å². The van der Waals surface area contributed by atoms with E-state index in [-0.39, 0.29) is 23.8 Å². The molecule has 0 bridgehead atoms. The molecule has 5 atom stereocenters. The van der Waals surface area contributed by atoms with Gasteiger partial charge in [-0.1, -0.05) is 20.3 Å². The van der Waals surface area contributed by atoms with Gasteiger partial charge in [0.1, 0.15) is 36.3 Å². The van der Waals surface area contributed by atoms with Gasteiger partial charge >= 0.3 is 5.97 Å². The molecule has 14 heteroatoms. The molecule has 0 aliphatic heterocycles. The number of carboxylic acids is 1. The molecular formula is C25H52O14. The fourth-order valence-corrected chi connectivity index (χ4v) is 1.21. The van der Waals surface area contributed by atoms with Gasteiger partial charge in [0.25, 0.3) is 5.97 Å². The van der Waals surface area contributed by atoms with E-state index in [1.165, 1.54) is 27.7 Å². The molecule has 39 heavy (non-hydrogen) atoms. The summed E-state index contributed by atoms with van der Waals surface area (Å²) in [5.41, 5.74) is 0. The zero-order valence-corrected chi connectivity index (χ0v) is 24.4. The topological polar surface area (TPSA) is 256 Å². The Kier molecular flexibility index (Phi) is 48.1. The van der Waals surface area contributed by atoms with Gasteiger partial charge in [0.2, 0.25) is 0 Å². The maximum atomic E-state index is 10.4. The Morgan fingerprint density at radius 1 is 0.821 bits per heavy atom. The van der Waals surface area contributed by atoms with Gasteiger partial charge in [0, 0.05) is 20.0 Å². The van der Waals surface area contributed by atoms with Crippen LogP contribution in [0.3, 0.4) is 0 Å². The van der Waals surface area contributed by atoms with Gasteiger partial charge in [-0.25, -0.2) is 0 Å². The lowest BCUT2D eigenvalue weighted by molar-refractivity contribution is -0.143. The summed E-state index contributed by atoms with van der Waals surface area (Å²) in [4.78, 5) is 48.7. The van der Waals surface area contributed by atoms with E-state index in [0.29, 0.717) is 19.6 Å². The van der Waals surface area contributed by atoms with E-state index in [1.54, 1.807) is 0 Å². The SMILES string of the molecule is CC(=O)C(C)O.CC(=O)O.CC(C)=O.CCCC(=O)OCC.CCCCO.O=C[C@H](O)[C@@H](O)[C@H](O)[C@H](O)CO. The van der Waals surface area contributed by atoms with E-state index >= 15 is 0 Å². The molecule has 0 heterocycles. The van der Waals surface area contributed by atoms with Gasteiger partial charge in [0.15, 0.2) is 12.1 Å². The Morgan fingerprint density at radius 3 is 1.38 bits per heavy atom. The minimum absolute atomic E-state index is 0.0258. The third-order valence-corrected chi connectivity index (χ3v) is 3.28. The van der Waals surface area contributed by atoms with E-state index in [9.17, 15) is 19.2 Å². The number of Topliss-reactive ketones (excluding diaryl/α,β-unsaturated/α-hetero) is 2. The maximum absolute atomic E-state index is 10.4. The average molecular weight is 577 g/mol. The van der Waals surface area contributed by atoms with Crippen LogP contribution in [0.15, 0.2) is 0 Å². The van der Waals surface area contributed by atoms with Crippen molar-refractivity contribution in [3.05, 3.63) is 0 Å². The summed E-state index contributed by atoms with van der Waals surface area (Å²) >= 11 is 0. The number of aliphatic hydroxyl groups is 7. The molecule has 0 aliphatic rings. The average Bonchev–Trinajstić information content (AvgIpc) is 2.83. The van der Waals surface area contributed by atoms with Gasteiger partial charge < -0.3 is 55.2 Å². The standard InChI is InChI=1S/C6H12O6.C6H12O2.C4H8O2.C4H10O.C3H6O.C2H4O2/c7-1-3(9)5(11)6(12)4(10)2-8;1-3-5-6(7)8-4-2;1-3(5)4(2)6;1-2-3-4-5;1-3(2)4;1-2(3)4/h1,3-6,8-12H,2H2;3-5H2,1-2H3;3,5H,1-2H3;5H,2-4H2,1H3;1-2H3;1H3,(H,3,4)/t3-,4+,5+,6+;;;;;/m0...../s1. The second kappa shape index (κ2) is 37.8. The number of aliphatic carboxylic acids is 1. The normalized spacial score (nSPS) is 12.8. The first-order valence-electron chi connectivity index (χ1n) is 12.3. The number of rotatable bonds is 11. The predicted octanol–water partition coefficient (Wildman–Crippen LogP) is -0.608. The zero-order chi connectivity index (χ0) is 32.6. The highest BCUT2D eigenvalue weighted by Crippen LogP contribution is 2.02. The number of esters is 1. The summed E-state index contributed by atoms with van der Waals surface area (Å²) in [6.07, 6.45) is -4.16. The van der Waals surface area contributed by atoms with Crippen LogP contribution in [0.5, 0.6) is 0 Å². The number of carboxylic acid groups (broad SMARTS) is 1. The number of aliphatic hydroxyl groups excluding tert-OH is 7. The van der Waals surface area contributed by atoms with Gasteiger partial charge in [-0.05, 0) is 47.5 Å². The molecule has 14 nitrogen and oxygen atoms in total. The quantitative estimate of drug-likeness (QED) is 0.113. The molecule has 8 N–H and O–H groups in total. The molecule has 0 amide bonds. The molecule has 0 aromatic rings. The van der Waals surface area contributed by atoms with Gasteiger partial charge in [-0.3, -0.25) is 14.4 Å². The van der Waals surface area contributed by atoms with Gasteiger partial charge in [-0.2, -0.15) is 0 Å². The van der Waals surface area contributed by atoms with Crippen LogP contribution in [-0.4, -0.2) is 121 Å². The summed E-state index contributed by atoms with van der Waals surface area (Å²) in [5.74, 6) is -0.940. The molecule has 0 rings (SSSR count). The summed E-state index contributed by atoms with van der Waals surface area (Å²) in [5, 5.41) is 67.3. The van der Waals surface area contributed by atoms with Crippen LogP contribution < -0.4 is 0 Å². The number of aldehydes is 1. The zero-order valence-electron chi connectivity index (χ0n) is 24.4. The van der Waals surface area contributed by atoms with Crippen molar-refractivity contribution in [2.75, 3.05) is 19.8 Å². The van der Waals surface area contributed by atoms with Crippen molar-refractivity contribution in [2.45, 2.75) is 112 Å². The number of unbranched alkanes of at least 4 members (excludes halogenated alkanes) is 1. The molecule has 0 aliphatic carbocycles. The van der Waals surface area contributed by atoms with Crippen molar-refractivity contribution in [1.82, 2.24) is 0 Å². The molecule has 0 saturated carbocycles. The van der Waals surface area contributed by atoms with Gasteiger partial charge in [0.05, 0.1) is 13.2 Å². The van der Waals surface area contributed by atoms with Crippen LogP contribution in [0.25, 0.3) is 0 Å². The number of hydrogen-bond acceptors (Lipinski definition) is 13. The lowest BCUT2D eigenvalue weighted by Gasteiger charge is -2.22. The smallest absolute Gasteiger partial charge is 0.305 e. The van der Waals surface area contributed by atoms with Crippen LogP contribution in [0, 0.1) is 0 Å². The van der Waals surface area contributed by atoms with Gasteiger partial charge in [-0.15, -0.1) is 0 Å². The lowest BCUT2D eigenvalue weighted by Crippen LogP contribution is -2.46. The first-order valence-corrected chi connectivity index (χ1v) is 12.3. The number of ketones is 2. The fraction of sp³-hybridized carbons (Fsp3) is 0.800. The first-order chi connectivity index (χ1) is 17.9. The highest BCUT2D eigenvalue weighted by atomic mass is 16.5. The summed E-state index contributed by atoms with van der Waals surface area (Å²) < 4.78 is 4.64. The Morgan fingerprint density at radius 2 is 1.21 bits per heavy atom. The summed E-state index contributed by atoms with van der Waals surface area (Å²) in [6, 6.07) is 0. The predicted molar refractivity (Wildman–Crippen MR) is 143 cm³/mol. The van der Waals surface area contributed by atoms with Crippen LogP contribution in [0.2, 0.25) is 0 Å². The Hall–Kier alpha value is -2.33. The molecule has 0 aromatic carbocycles. The summed E-state index contributed by atoms with van der Waals surface area (Å²) in [6.45, 7) is 12.8. The third kappa shape index (κ3) is 61.4. The fourth-order valence-electron chi connectivity index (χ4n) is 1.21. The largest absolute Gasteiger partial charge is 0.481 e. The van der Waals surface area contributed by atoms with E-state index in [2.05, 4.69) is 11.7 Å². The number of carbonyl (C=O) groups excluding carboxylic acids is 4. The van der Waals surface area contributed by atoms with Crippen LogP contribution in [-0.2, 0) is 28.7 Å². The second-order valence-corrected chi connectivity index (χ2v) is 7.70. The second-order valence-electron chi connectivity index (χ2n) is 7.70. The van der Waals surface area contributed by atoms with Crippen LogP contribution in [0.4, 0.5) is 0 Å². The first kappa shape index (κ1) is 49.6. The van der Waals surface area contributed by atoms with Crippen molar-refractivity contribution >= 4 is 29.8 Å². The number of hydrogen-bond donors (Lipinski definition) is 8. The molecule has 0 fully saturated rings. The van der Waals surface area contributed by atoms with Crippen molar-refractivity contribution in [3.8, 4) is 0 Å². The third-order valence-electron chi connectivity index (χ3n) is 3.28. The molecule has 0 saturated heterocycles. The minimum atomic E-state index is -1.79. The number of ether oxygens (including phenoxy) is 1. The van der Waals surface area contributed by atoms with Crippen molar-refractivity contribution in [2.24, 2.45) is 0 Å². The molecule has 0 aromatic heterocycles. The van der Waals surface area contributed by atoms with E-state index < -0.39 is 43.1 Å². The van der Waals surface area contributed by atoms with Crippen LogP contribution >= 0.6 is 0 Å². The molecule has 1 unspecified atom stereocenters. The lowest BCUT2D eigenvalue weighted by atomic mass is 10.0. The molecular weight excluding hydrogens is 524 g/mol. The summed E-state index contributed by atoms with van der Waals surface area (Å²) in [7, 11) is 0. The van der Waals surface area contributed by atoms with Crippen molar-refractivity contribution in [3.63, 3.8) is 0 Å². The minimum Gasteiger partial charge on any atom is -0.481 e. The maximum Gasteiger partial charge on any atom is 0.305 e. The highest BCUT2D eigenvalue weighted by Gasteiger charge is 2.29. The Labute approximate surface area is 231 Å².